The minimum Gasteiger partial charge on any atom is -0.494 e. The van der Waals surface area contributed by atoms with Crippen molar-refractivity contribution in [1.82, 2.24) is 4.90 Å². The summed E-state index contributed by atoms with van der Waals surface area (Å²) in [7, 11) is 1.45. The molecule has 1 heterocycles. The number of methoxy groups -OCH3 is 1. The molecule has 0 amide bonds. The molecule has 0 aromatic heterocycles. The van der Waals surface area contributed by atoms with Gasteiger partial charge in [0.25, 0.3) is 0 Å². The van der Waals surface area contributed by atoms with Crippen molar-refractivity contribution < 1.29 is 13.9 Å². The Morgan fingerprint density at radius 3 is 2.85 bits per heavy atom. The number of ether oxygens (including phenoxy) is 2. The Morgan fingerprint density at radius 1 is 1.45 bits per heavy atom. The van der Waals surface area contributed by atoms with Crippen molar-refractivity contribution in [3.63, 3.8) is 0 Å². The fourth-order valence-corrected chi connectivity index (χ4v) is 2.53. The lowest BCUT2D eigenvalue weighted by Crippen LogP contribution is -2.49. The molecular weight excluding hydrogens is 259 g/mol. The van der Waals surface area contributed by atoms with Crippen LogP contribution in [-0.4, -0.2) is 43.9 Å². The Labute approximate surface area is 119 Å². The van der Waals surface area contributed by atoms with Gasteiger partial charge in [-0.15, -0.1) is 0 Å². The van der Waals surface area contributed by atoms with Gasteiger partial charge in [-0.1, -0.05) is 12.1 Å². The van der Waals surface area contributed by atoms with Crippen LogP contribution < -0.4 is 10.5 Å². The minimum absolute atomic E-state index is 0.201. The molecule has 1 fully saturated rings. The number of halogens is 1. The van der Waals surface area contributed by atoms with Crippen LogP contribution in [0.15, 0.2) is 18.2 Å². The second-order valence-corrected chi connectivity index (χ2v) is 5.39. The molecule has 0 spiro atoms. The summed E-state index contributed by atoms with van der Waals surface area (Å²) in [6.07, 6.45) is -0.201. The van der Waals surface area contributed by atoms with Gasteiger partial charge < -0.3 is 15.2 Å². The van der Waals surface area contributed by atoms with Crippen LogP contribution in [-0.2, 0) is 4.74 Å². The van der Waals surface area contributed by atoms with Gasteiger partial charge in [0.2, 0.25) is 0 Å². The predicted molar refractivity (Wildman–Crippen MR) is 76.3 cm³/mol. The van der Waals surface area contributed by atoms with E-state index in [1.807, 2.05) is 0 Å². The third-order valence-corrected chi connectivity index (χ3v) is 3.83. The minimum atomic E-state index is -0.494. The summed E-state index contributed by atoms with van der Waals surface area (Å²) in [5.41, 5.74) is 6.65. The van der Waals surface area contributed by atoms with E-state index in [2.05, 4.69) is 18.7 Å². The molecule has 2 unspecified atom stereocenters. The normalized spacial score (nSPS) is 22.0. The fraction of sp³-hybridized carbons (Fsp3) is 0.600. The molecule has 0 bridgehead atoms. The summed E-state index contributed by atoms with van der Waals surface area (Å²) in [5.74, 6) is -0.178. The maximum atomic E-state index is 14.3. The predicted octanol–water partition coefficient (Wildman–Crippen LogP) is 1.94. The second kappa shape index (κ2) is 6.52. The number of nitrogens with zero attached hydrogens (tertiary/aromatic N) is 1. The van der Waals surface area contributed by atoms with Gasteiger partial charge in [0, 0.05) is 24.7 Å². The van der Waals surface area contributed by atoms with Gasteiger partial charge in [0.05, 0.1) is 25.9 Å². The maximum Gasteiger partial charge on any atom is 0.169 e. The summed E-state index contributed by atoms with van der Waals surface area (Å²) < 4.78 is 25.0. The number of hydrogen-bond acceptors (Lipinski definition) is 4. The third-order valence-electron chi connectivity index (χ3n) is 3.83. The van der Waals surface area contributed by atoms with Gasteiger partial charge in [-0.05, 0) is 19.9 Å². The van der Waals surface area contributed by atoms with Crippen LogP contribution in [0.4, 0.5) is 4.39 Å². The van der Waals surface area contributed by atoms with Gasteiger partial charge in [-0.3, -0.25) is 4.90 Å². The van der Waals surface area contributed by atoms with E-state index in [1.54, 1.807) is 18.2 Å². The lowest BCUT2D eigenvalue weighted by Gasteiger charge is -2.38. The first-order valence-corrected chi connectivity index (χ1v) is 6.98. The van der Waals surface area contributed by atoms with Crippen molar-refractivity contribution in [2.24, 2.45) is 5.73 Å². The Hall–Kier alpha value is -1.17. The molecule has 1 aromatic rings. The molecule has 2 N–H and O–H groups in total. The zero-order valence-electron chi connectivity index (χ0n) is 12.3. The van der Waals surface area contributed by atoms with Crippen LogP contribution in [0.5, 0.6) is 5.75 Å². The van der Waals surface area contributed by atoms with Crippen molar-refractivity contribution >= 4 is 0 Å². The lowest BCUT2D eigenvalue weighted by molar-refractivity contribution is -0.0507. The number of rotatable bonds is 4. The van der Waals surface area contributed by atoms with Gasteiger partial charge in [0.15, 0.2) is 11.6 Å². The smallest absolute Gasteiger partial charge is 0.169 e. The molecule has 4 nitrogen and oxygen atoms in total. The topological polar surface area (TPSA) is 47.7 Å². The second-order valence-electron chi connectivity index (χ2n) is 5.39. The lowest BCUT2D eigenvalue weighted by atomic mass is 9.99. The summed E-state index contributed by atoms with van der Waals surface area (Å²) in [6, 6.07) is 4.98. The highest BCUT2D eigenvalue weighted by Gasteiger charge is 2.30. The fourth-order valence-electron chi connectivity index (χ4n) is 2.53. The van der Waals surface area contributed by atoms with Crippen LogP contribution in [0, 0.1) is 5.82 Å². The Balaban J connectivity index is 2.16. The molecule has 20 heavy (non-hydrogen) atoms. The molecule has 2 rings (SSSR count). The average Bonchev–Trinajstić information content (AvgIpc) is 2.47. The molecule has 1 aromatic carbocycles. The van der Waals surface area contributed by atoms with Gasteiger partial charge in [-0.25, -0.2) is 4.39 Å². The van der Waals surface area contributed by atoms with E-state index in [9.17, 15) is 4.39 Å². The average molecular weight is 282 g/mol. The molecule has 112 valence electrons. The Kier molecular flexibility index (Phi) is 4.96. The van der Waals surface area contributed by atoms with Crippen LogP contribution in [0.25, 0.3) is 0 Å². The van der Waals surface area contributed by atoms with Gasteiger partial charge >= 0.3 is 0 Å². The van der Waals surface area contributed by atoms with Crippen molar-refractivity contribution in [1.29, 1.82) is 0 Å². The number of benzene rings is 1. The van der Waals surface area contributed by atoms with E-state index >= 15 is 0 Å². The summed E-state index contributed by atoms with van der Waals surface area (Å²) in [5, 5.41) is 0. The van der Waals surface area contributed by atoms with Crippen molar-refractivity contribution in [2.45, 2.75) is 32.0 Å². The number of nitrogens with two attached hydrogens (primary N) is 1. The Morgan fingerprint density at radius 2 is 2.20 bits per heavy atom. The zero-order valence-corrected chi connectivity index (χ0v) is 12.3. The highest BCUT2D eigenvalue weighted by molar-refractivity contribution is 5.33. The molecular formula is C15H23FN2O2. The van der Waals surface area contributed by atoms with Crippen LogP contribution in [0.3, 0.4) is 0 Å². The van der Waals surface area contributed by atoms with E-state index in [1.165, 1.54) is 7.11 Å². The maximum absolute atomic E-state index is 14.3. The number of morpholine rings is 1. The molecule has 2 atom stereocenters. The standard InChI is InChI=1S/C15H23FN2O2/c1-10(2)18-7-8-20-13(9-18)15(17)11-5-4-6-12(19-3)14(11)16/h4-6,10,13,15H,7-9,17H2,1-3H3. The monoisotopic (exact) mass is 282 g/mol. The van der Waals surface area contributed by atoms with Crippen LogP contribution in [0.1, 0.15) is 25.5 Å². The SMILES string of the molecule is COc1cccc(C(N)C2CN(C(C)C)CCO2)c1F. The summed E-state index contributed by atoms with van der Waals surface area (Å²) >= 11 is 0. The molecule has 0 radical (unpaired) electrons. The van der Waals surface area contributed by atoms with E-state index in [0.717, 1.165) is 13.1 Å². The molecule has 1 aliphatic heterocycles. The molecule has 5 heteroatoms. The molecule has 1 aliphatic rings. The first kappa shape index (κ1) is 15.2. The highest BCUT2D eigenvalue weighted by atomic mass is 19.1. The quantitative estimate of drug-likeness (QED) is 0.917. The van der Waals surface area contributed by atoms with Crippen molar-refractivity contribution in [3.05, 3.63) is 29.6 Å². The number of hydrogen-bond donors (Lipinski definition) is 1. The Bertz CT molecular complexity index is 453. The highest BCUT2D eigenvalue weighted by Crippen LogP contribution is 2.28. The van der Waals surface area contributed by atoms with Crippen molar-refractivity contribution in [2.75, 3.05) is 26.8 Å². The van der Waals surface area contributed by atoms with E-state index < -0.39 is 11.9 Å². The first-order chi connectivity index (χ1) is 9.54. The van der Waals surface area contributed by atoms with Crippen molar-refractivity contribution in [3.8, 4) is 5.75 Å². The van der Waals surface area contributed by atoms with E-state index in [0.29, 0.717) is 18.2 Å². The van der Waals surface area contributed by atoms with E-state index in [-0.39, 0.29) is 11.9 Å². The molecule has 1 saturated heterocycles. The third kappa shape index (κ3) is 3.11. The zero-order chi connectivity index (χ0) is 14.7. The van der Waals surface area contributed by atoms with E-state index in [4.69, 9.17) is 15.2 Å². The summed E-state index contributed by atoms with van der Waals surface area (Å²) in [6.45, 7) is 6.51. The molecule has 0 saturated carbocycles. The largest absolute Gasteiger partial charge is 0.494 e. The molecule has 0 aliphatic carbocycles. The summed E-state index contributed by atoms with van der Waals surface area (Å²) in [4.78, 5) is 2.30. The van der Waals surface area contributed by atoms with Crippen LogP contribution in [0.2, 0.25) is 0 Å². The van der Waals surface area contributed by atoms with Gasteiger partial charge in [-0.2, -0.15) is 0 Å². The first-order valence-electron chi connectivity index (χ1n) is 6.98. The van der Waals surface area contributed by atoms with Crippen LogP contribution >= 0.6 is 0 Å². The van der Waals surface area contributed by atoms with Gasteiger partial charge in [0.1, 0.15) is 0 Å².